The average molecular weight is 257 g/mol. The molecule has 3 aliphatic heterocycles. The highest BCUT2D eigenvalue weighted by atomic mass is 32.2. The molecule has 0 bridgehead atoms. The summed E-state index contributed by atoms with van der Waals surface area (Å²) >= 11 is 1.69. The quantitative estimate of drug-likeness (QED) is 0.559. The first-order valence-electron chi connectivity index (χ1n) is 6.19. The number of carbonyl (C=O) groups is 1. The van der Waals surface area contributed by atoms with E-state index in [9.17, 15) is 4.79 Å². The number of ether oxygens (including phenoxy) is 2. The van der Waals surface area contributed by atoms with Crippen LogP contribution in [0.4, 0.5) is 0 Å². The number of hydrogen-bond donors (Lipinski definition) is 0. The highest BCUT2D eigenvalue weighted by Gasteiger charge is 2.72. The predicted molar refractivity (Wildman–Crippen MR) is 65.3 cm³/mol. The molecule has 4 unspecified atom stereocenters. The monoisotopic (exact) mass is 257 g/mol. The molecular weight excluding hydrogens is 238 g/mol. The van der Waals surface area contributed by atoms with Gasteiger partial charge in [-0.15, -0.1) is 11.8 Å². The fraction of sp³-hybridized carbons (Fsp3) is 0.917. The largest absolute Gasteiger partial charge is 0.326 e. The summed E-state index contributed by atoms with van der Waals surface area (Å²) in [7, 11) is 0. The van der Waals surface area contributed by atoms with Gasteiger partial charge < -0.3 is 14.4 Å². The van der Waals surface area contributed by atoms with Crippen LogP contribution in [0.25, 0.3) is 0 Å². The Morgan fingerprint density at radius 1 is 1.53 bits per heavy atom. The summed E-state index contributed by atoms with van der Waals surface area (Å²) in [5.41, 5.74) is -0.402. The van der Waals surface area contributed by atoms with Gasteiger partial charge in [0.1, 0.15) is 5.72 Å². The second kappa shape index (κ2) is 3.39. The van der Waals surface area contributed by atoms with Crippen LogP contribution >= 0.6 is 11.8 Å². The highest BCUT2D eigenvalue weighted by molar-refractivity contribution is 7.99. The Bertz CT molecular complexity index is 373. The average Bonchev–Trinajstić information content (AvgIpc) is 2.88. The molecule has 1 amide bonds. The number of fused-ring (bicyclic) bond motifs is 1. The molecule has 0 aliphatic carbocycles. The summed E-state index contributed by atoms with van der Waals surface area (Å²) in [6, 6.07) is 0.299. The first-order valence-corrected chi connectivity index (χ1v) is 7.48. The van der Waals surface area contributed by atoms with E-state index in [1.807, 2.05) is 25.0 Å². The van der Waals surface area contributed by atoms with Crippen molar-refractivity contribution in [3.05, 3.63) is 0 Å². The van der Waals surface area contributed by atoms with E-state index in [-0.39, 0.29) is 11.3 Å². The van der Waals surface area contributed by atoms with Crippen LogP contribution in [0.2, 0.25) is 0 Å². The van der Waals surface area contributed by atoms with Crippen molar-refractivity contribution in [3.63, 3.8) is 0 Å². The Hall–Kier alpha value is -0.260. The third-order valence-corrected chi connectivity index (χ3v) is 5.02. The molecule has 0 saturated carbocycles. The molecule has 0 aromatic heterocycles. The van der Waals surface area contributed by atoms with Crippen LogP contribution in [-0.4, -0.2) is 40.1 Å². The van der Waals surface area contributed by atoms with Gasteiger partial charge in [-0.05, 0) is 26.5 Å². The van der Waals surface area contributed by atoms with Crippen molar-refractivity contribution in [3.8, 4) is 0 Å². The van der Waals surface area contributed by atoms with Gasteiger partial charge in [0.05, 0.1) is 6.04 Å². The fourth-order valence-electron chi connectivity index (χ4n) is 3.48. The van der Waals surface area contributed by atoms with Crippen molar-refractivity contribution in [1.82, 2.24) is 4.90 Å². The molecule has 3 rings (SSSR count). The standard InChI is InChI=1S/C12H19NO3S/c1-5-7-8-6-9(14)13(8)11(2,3)16-12(7)10(15-12)17-4/h7-8,10H,5-6H2,1-4H3. The predicted octanol–water partition coefficient (Wildman–Crippen LogP) is 1.80. The highest BCUT2D eigenvalue weighted by Crippen LogP contribution is 2.59. The molecule has 3 saturated heterocycles. The van der Waals surface area contributed by atoms with Gasteiger partial charge in [-0.25, -0.2) is 0 Å². The zero-order valence-corrected chi connectivity index (χ0v) is 11.5. The maximum atomic E-state index is 11.7. The smallest absolute Gasteiger partial charge is 0.227 e. The second-order valence-corrected chi connectivity index (χ2v) is 6.41. The summed E-state index contributed by atoms with van der Waals surface area (Å²) in [5.74, 6) is 0.0693. The summed E-state index contributed by atoms with van der Waals surface area (Å²) in [5, 5.41) is 0. The summed E-state index contributed by atoms with van der Waals surface area (Å²) < 4.78 is 12.0. The molecule has 0 radical (unpaired) electrons. The summed E-state index contributed by atoms with van der Waals surface area (Å²) in [6.45, 7) is 6.07. The number of epoxide rings is 1. The molecule has 0 aromatic rings. The number of rotatable bonds is 2. The number of thioether (sulfide) groups is 1. The molecule has 3 fully saturated rings. The second-order valence-electron chi connectivity index (χ2n) is 5.51. The molecule has 5 heteroatoms. The molecular formula is C12H19NO3S. The maximum Gasteiger partial charge on any atom is 0.227 e. The Labute approximate surface area is 106 Å². The Morgan fingerprint density at radius 3 is 2.71 bits per heavy atom. The lowest BCUT2D eigenvalue weighted by molar-refractivity contribution is -0.295. The van der Waals surface area contributed by atoms with E-state index in [0.29, 0.717) is 18.4 Å². The van der Waals surface area contributed by atoms with Crippen molar-refractivity contribution in [2.75, 3.05) is 6.26 Å². The third-order valence-electron chi connectivity index (χ3n) is 4.17. The van der Waals surface area contributed by atoms with Crippen molar-refractivity contribution in [1.29, 1.82) is 0 Å². The summed E-state index contributed by atoms with van der Waals surface area (Å²) in [6.07, 6.45) is 3.68. The normalized spacial score (nSPS) is 46.7. The van der Waals surface area contributed by atoms with Gasteiger partial charge in [0.15, 0.2) is 5.44 Å². The van der Waals surface area contributed by atoms with Crippen LogP contribution in [0.5, 0.6) is 0 Å². The molecule has 4 atom stereocenters. The molecule has 4 nitrogen and oxygen atoms in total. The van der Waals surface area contributed by atoms with Gasteiger partial charge >= 0.3 is 0 Å². The molecule has 96 valence electrons. The van der Waals surface area contributed by atoms with Crippen LogP contribution in [0.1, 0.15) is 33.6 Å². The van der Waals surface area contributed by atoms with Crippen molar-refractivity contribution >= 4 is 17.7 Å². The molecule has 0 aromatic carbocycles. The van der Waals surface area contributed by atoms with E-state index in [1.54, 1.807) is 11.8 Å². The maximum absolute atomic E-state index is 11.7. The zero-order valence-electron chi connectivity index (χ0n) is 10.7. The molecule has 3 heterocycles. The molecule has 17 heavy (non-hydrogen) atoms. The van der Waals surface area contributed by atoms with E-state index < -0.39 is 11.5 Å². The van der Waals surface area contributed by atoms with Crippen LogP contribution in [0.3, 0.4) is 0 Å². The lowest BCUT2D eigenvalue weighted by Gasteiger charge is -2.58. The Kier molecular flexibility index (Phi) is 2.36. The minimum Gasteiger partial charge on any atom is -0.326 e. The van der Waals surface area contributed by atoms with Crippen molar-refractivity contribution in [2.24, 2.45) is 5.92 Å². The number of nitrogens with zero attached hydrogens (tertiary/aromatic N) is 1. The fourth-order valence-corrected chi connectivity index (χ4v) is 4.28. The lowest BCUT2D eigenvalue weighted by Crippen LogP contribution is -2.72. The number of carbonyl (C=O) groups excluding carboxylic acids is 1. The van der Waals surface area contributed by atoms with E-state index in [4.69, 9.17) is 9.47 Å². The van der Waals surface area contributed by atoms with Gasteiger partial charge in [-0.2, -0.15) is 0 Å². The zero-order chi connectivity index (χ0) is 12.4. The van der Waals surface area contributed by atoms with E-state index in [1.165, 1.54) is 0 Å². The van der Waals surface area contributed by atoms with Gasteiger partial charge in [0.25, 0.3) is 0 Å². The number of amides is 1. The first-order chi connectivity index (χ1) is 7.96. The SMILES string of the molecule is CCC1C2CC(=O)N2C(C)(C)OC12OC2SC. The lowest BCUT2D eigenvalue weighted by atomic mass is 9.79. The molecule has 1 spiro atoms. The van der Waals surface area contributed by atoms with Crippen LogP contribution in [0, 0.1) is 5.92 Å². The topological polar surface area (TPSA) is 42.1 Å². The Morgan fingerprint density at radius 2 is 2.24 bits per heavy atom. The van der Waals surface area contributed by atoms with Gasteiger partial charge in [-0.3, -0.25) is 4.79 Å². The van der Waals surface area contributed by atoms with Gasteiger partial charge in [0.2, 0.25) is 11.7 Å². The minimum absolute atomic E-state index is 0.129. The molecule has 0 N–H and O–H groups in total. The van der Waals surface area contributed by atoms with E-state index in [2.05, 4.69) is 6.92 Å². The van der Waals surface area contributed by atoms with Crippen LogP contribution in [-0.2, 0) is 14.3 Å². The minimum atomic E-state index is -0.532. The summed E-state index contributed by atoms with van der Waals surface area (Å²) in [4.78, 5) is 13.6. The van der Waals surface area contributed by atoms with E-state index >= 15 is 0 Å². The van der Waals surface area contributed by atoms with E-state index in [0.717, 1.165) is 6.42 Å². The van der Waals surface area contributed by atoms with Gasteiger partial charge in [-0.1, -0.05) is 6.92 Å². The number of hydrogen-bond acceptors (Lipinski definition) is 4. The third kappa shape index (κ3) is 1.36. The van der Waals surface area contributed by atoms with Crippen molar-refractivity contribution < 1.29 is 14.3 Å². The first kappa shape index (κ1) is 11.8. The van der Waals surface area contributed by atoms with Crippen LogP contribution in [0.15, 0.2) is 0 Å². The van der Waals surface area contributed by atoms with Crippen molar-refractivity contribution in [2.45, 2.75) is 56.6 Å². The van der Waals surface area contributed by atoms with Gasteiger partial charge in [0, 0.05) is 12.3 Å². The number of β-lactam (4-membered cyclic amide) rings is 1. The Balaban J connectivity index is 1.92. The van der Waals surface area contributed by atoms with Crippen LogP contribution < -0.4 is 0 Å². The molecule has 3 aliphatic rings.